The van der Waals surface area contributed by atoms with Crippen molar-refractivity contribution >= 4 is 34.5 Å². The highest BCUT2D eigenvalue weighted by Gasteiger charge is 2.18. The van der Waals surface area contributed by atoms with Gasteiger partial charge in [0.2, 0.25) is 0 Å². The SMILES string of the molecule is Clc1ccc(C(Cl)c2cc3c(s2)CCCCC3)cc1. The highest BCUT2D eigenvalue weighted by Crippen LogP contribution is 2.38. The number of fused-ring (bicyclic) bond motifs is 1. The van der Waals surface area contributed by atoms with Gasteiger partial charge in [-0.1, -0.05) is 30.2 Å². The van der Waals surface area contributed by atoms with Crippen LogP contribution in [0.2, 0.25) is 5.02 Å². The first kappa shape index (κ1) is 13.5. The molecule has 0 nitrogen and oxygen atoms in total. The van der Waals surface area contributed by atoms with Crippen LogP contribution >= 0.6 is 34.5 Å². The fraction of sp³-hybridized carbons (Fsp3) is 0.375. The van der Waals surface area contributed by atoms with Gasteiger partial charge in [0.25, 0.3) is 0 Å². The topological polar surface area (TPSA) is 0 Å². The minimum absolute atomic E-state index is 0.0470. The summed E-state index contributed by atoms with van der Waals surface area (Å²) in [6.07, 6.45) is 6.44. The molecular weight excluding hydrogens is 295 g/mol. The fourth-order valence-corrected chi connectivity index (χ4v) is 4.34. The molecule has 2 aromatic rings. The number of benzene rings is 1. The summed E-state index contributed by atoms with van der Waals surface area (Å²) in [5, 5.41) is 0.712. The average molecular weight is 311 g/mol. The van der Waals surface area contributed by atoms with Crippen molar-refractivity contribution in [1.82, 2.24) is 0 Å². The van der Waals surface area contributed by atoms with Gasteiger partial charge in [0.15, 0.2) is 0 Å². The quantitative estimate of drug-likeness (QED) is 0.471. The maximum Gasteiger partial charge on any atom is 0.0927 e. The average Bonchev–Trinajstić information content (AvgIpc) is 2.70. The summed E-state index contributed by atoms with van der Waals surface area (Å²) in [6.45, 7) is 0. The molecule has 19 heavy (non-hydrogen) atoms. The van der Waals surface area contributed by atoms with Gasteiger partial charge in [-0.3, -0.25) is 0 Å². The Balaban J connectivity index is 1.87. The zero-order valence-corrected chi connectivity index (χ0v) is 13.0. The summed E-state index contributed by atoms with van der Waals surface area (Å²) in [6, 6.07) is 10.2. The monoisotopic (exact) mass is 310 g/mol. The van der Waals surface area contributed by atoms with Crippen LogP contribution in [0, 0.1) is 0 Å². The molecule has 1 atom stereocenters. The van der Waals surface area contributed by atoms with Gasteiger partial charge in [-0.05, 0) is 55.0 Å². The Labute approximate surface area is 128 Å². The molecule has 0 aliphatic heterocycles. The number of halogens is 2. The molecule has 1 heterocycles. The Bertz CT molecular complexity index is 533. The lowest BCUT2D eigenvalue weighted by Crippen LogP contribution is -1.89. The van der Waals surface area contributed by atoms with E-state index in [1.165, 1.54) is 42.5 Å². The van der Waals surface area contributed by atoms with Crippen LogP contribution in [0.3, 0.4) is 0 Å². The second kappa shape index (κ2) is 5.87. The lowest BCUT2D eigenvalue weighted by molar-refractivity contribution is 0.712. The van der Waals surface area contributed by atoms with Gasteiger partial charge in [-0.15, -0.1) is 22.9 Å². The Morgan fingerprint density at radius 3 is 2.53 bits per heavy atom. The van der Waals surface area contributed by atoms with Crippen molar-refractivity contribution in [2.45, 2.75) is 37.5 Å². The van der Waals surface area contributed by atoms with Crippen LogP contribution in [0.1, 0.15) is 45.5 Å². The molecule has 0 amide bonds. The Kier molecular flexibility index (Phi) is 4.16. The van der Waals surface area contributed by atoms with E-state index in [0.717, 1.165) is 10.6 Å². The molecule has 1 aliphatic carbocycles. The Hall–Kier alpha value is -0.500. The van der Waals surface area contributed by atoms with Gasteiger partial charge in [0, 0.05) is 14.8 Å². The standard InChI is InChI=1S/C16H16Cl2S/c17-13-8-6-11(7-9-13)16(18)15-10-12-4-2-1-3-5-14(12)19-15/h6-10,16H,1-5H2. The predicted octanol–water partition coefficient (Wildman–Crippen LogP) is 6.00. The highest BCUT2D eigenvalue weighted by atomic mass is 35.5. The molecule has 0 saturated carbocycles. The van der Waals surface area contributed by atoms with Gasteiger partial charge in [0.1, 0.15) is 0 Å². The van der Waals surface area contributed by atoms with E-state index in [2.05, 4.69) is 6.07 Å². The number of aryl methyl sites for hydroxylation is 2. The first-order valence-electron chi connectivity index (χ1n) is 6.75. The molecule has 0 fully saturated rings. The molecular formula is C16H16Cl2S. The second-order valence-electron chi connectivity index (χ2n) is 5.07. The zero-order chi connectivity index (χ0) is 13.2. The van der Waals surface area contributed by atoms with Crippen LogP contribution in [0.5, 0.6) is 0 Å². The second-order valence-corrected chi connectivity index (χ2v) is 7.11. The van der Waals surface area contributed by atoms with Crippen LogP contribution in [-0.4, -0.2) is 0 Å². The summed E-state index contributed by atoms with van der Waals surface area (Å²) < 4.78 is 0. The molecule has 0 N–H and O–H groups in total. The van der Waals surface area contributed by atoms with E-state index in [9.17, 15) is 0 Å². The molecule has 0 spiro atoms. The van der Waals surface area contributed by atoms with Crippen LogP contribution < -0.4 is 0 Å². The van der Waals surface area contributed by atoms with Crippen molar-refractivity contribution in [2.24, 2.45) is 0 Å². The lowest BCUT2D eigenvalue weighted by Gasteiger charge is -2.07. The summed E-state index contributed by atoms with van der Waals surface area (Å²) in [4.78, 5) is 2.82. The number of thiophene rings is 1. The largest absolute Gasteiger partial charge is 0.143 e. The number of hydrogen-bond donors (Lipinski definition) is 0. The fourth-order valence-electron chi connectivity index (χ4n) is 2.61. The molecule has 0 bridgehead atoms. The zero-order valence-electron chi connectivity index (χ0n) is 10.7. The molecule has 1 aromatic heterocycles. The van der Waals surface area contributed by atoms with Gasteiger partial charge in [-0.25, -0.2) is 0 Å². The maximum absolute atomic E-state index is 6.61. The summed E-state index contributed by atoms with van der Waals surface area (Å²) in [5.74, 6) is 0. The summed E-state index contributed by atoms with van der Waals surface area (Å²) >= 11 is 14.4. The molecule has 100 valence electrons. The van der Waals surface area contributed by atoms with E-state index in [0.29, 0.717) is 0 Å². The first-order valence-corrected chi connectivity index (χ1v) is 8.38. The van der Waals surface area contributed by atoms with Crippen molar-refractivity contribution < 1.29 is 0 Å². The minimum Gasteiger partial charge on any atom is -0.143 e. The third-order valence-electron chi connectivity index (χ3n) is 3.68. The Morgan fingerprint density at radius 2 is 1.74 bits per heavy atom. The third kappa shape index (κ3) is 2.99. The number of hydrogen-bond acceptors (Lipinski definition) is 1. The van der Waals surface area contributed by atoms with E-state index < -0.39 is 0 Å². The minimum atomic E-state index is -0.0470. The normalized spacial score (nSPS) is 16.7. The summed E-state index contributed by atoms with van der Waals surface area (Å²) in [7, 11) is 0. The third-order valence-corrected chi connectivity index (χ3v) is 5.85. The molecule has 1 unspecified atom stereocenters. The Morgan fingerprint density at radius 1 is 1.00 bits per heavy atom. The van der Waals surface area contributed by atoms with Crippen molar-refractivity contribution in [3.63, 3.8) is 0 Å². The van der Waals surface area contributed by atoms with Crippen LogP contribution in [0.4, 0.5) is 0 Å². The molecule has 0 radical (unpaired) electrons. The first-order chi connectivity index (χ1) is 9.24. The van der Waals surface area contributed by atoms with Crippen molar-refractivity contribution in [2.75, 3.05) is 0 Å². The molecule has 3 heteroatoms. The van der Waals surface area contributed by atoms with Gasteiger partial charge < -0.3 is 0 Å². The van der Waals surface area contributed by atoms with E-state index in [1.807, 2.05) is 35.6 Å². The van der Waals surface area contributed by atoms with Crippen molar-refractivity contribution in [3.8, 4) is 0 Å². The molecule has 1 aromatic carbocycles. The van der Waals surface area contributed by atoms with Crippen LogP contribution in [0.25, 0.3) is 0 Å². The summed E-state index contributed by atoms with van der Waals surface area (Å²) in [5.41, 5.74) is 2.65. The van der Waals surface area contributed by atoms with E-state index in [4.69, 9.17) is 23.2 Å². The molecule has 3 rings (SSSR count). The van der Waals surface area contributed by atoms with Crippen LogP contribution in [-0.2, 0) is 12.8 Å². The maximum atomic E-state index is 6.61. The van der Waals surface area contributed by atoms with Crippen molar-refractivity contribution in [3.05, 3.63) is 56.2 Å². The molecule has 0 saturated heterocycles. The van der Waals surface area contributed by atoms with Gasteiger partial charge in [-0.2, -0.15) is 0 Å². The van der Waals surface area contributed by atoms with E-state index in [1.54, 1.807) is 4.88 Å². The smallest absolute Gasteiger partial charge is 0.0927 e. The lowest BCUT2D eigenvalue weighted by atomic mass is 10.1. The van der Waals surface area contributed by atoms with E-state index >= 15 is 0 Å². The highest BCUT2D eigenvalue weighted by molar-refractivity contribution is 7.12. The number of alkyl halides is 1. The van der Waals surface area contributed by atoms with E-state index in [-0.39, 0.29) is 5.38 Å². The van der Waals surface area contributed by atoms with Gasteiger partial charge >= 0.3 is 0 Å². The molecule has 1 aliphatic rings. The number of rotatable bonds is 2. The van der Waals surface area contributed by atoms with Crippen LogP contribution in [0.15, 0.2) is 30.3 Å². The van der Waals surface area contributed by atoms with Crippen molar-refractivity contribution in [1.29, 1.82) is 0 Å². The van der Waals surface area contributed by atoms with Gasteiger partial charge in [0.05, 0.1) is 5.38 Å². The predicted molar refractivity (Wildman–Crippen MR) is 84.7 cm³/mol.